The second-order valence-corrected chi connectivity index (χ2v) is 10.9. The Bertz CT molecular complexity index is 806. The van der Waals surface area contributed by atoms with Crippen LogP contribution in [0.1, 0.15) is 90.4 Å². The average Bonchev–Trinajstić information content (AvgIpc) is 2.83. The molecule has 3 saturated carbocycles. The minimum atomic E-state index is -3.03. The number of carbonyl (C=O) groups excluding carboxylic acids is 1. The van der Waals surface area contributed by atoms with Crippen LogP contribution in [-0.2, 0) is 4.79 Å². The van der Waals surface area contributed by atoms with Gasteiger partial charge in [-0.25, -0.2) is 4.39 Å². The number of esters is 1. The van der Waals surface area contributed by atoms with Crippen molar-refractivity contribution in [2.45, 2.75) is 97.0 Å². The minimum Gasteiger partial charge on any atom is -0.435 e. The molecule has 0 radical (unpaired) electrons. The SMILES string of the molecule is CCCCC1CCC2CC(C3CCC(C(=O)Oc4ccc(OC(F)F)cc4F)CC3)CCC2C1. The Balaban J connectivity index is 1.22. The summed E-state index contributed by atoms with van der Waals surface area (Å²) >= 11 is 0. The van der Waals surface area contributed by atoms with E-state index in [1.54, 1.807) is 0 Å². The largest absolute Gasteiger partial charge is 0.435 e. The summed E-state index contributed by atoms with van der Waals surface area (Å²) in [5, 5.41) is 0. The van der Waals surface area contributed by atoms with Gasteiger partial charge in [0.15, 0.2) is 11.6 Å². The maximum Gasteiger partial charge on any atom is 0.387 e. The number of fused-ring (bicyclic) bond motifs is 1. The van der Waals surface area contributed by atoms with Crippen LogP contribution >= 0.6 is 0 Å². The normalized spacial score (nSPS) is 31.7. The molecule has 0 heterocycles. The molecule has 0 bridgehead atoms. The van der Waals surface area contributed by atoms with Crippen molar-refractivity contribution < 1.29 is 27.4 Å². The molecule has 3 aliphatic rings. The third kappa shape index (κ3) is 6.48. The Labute approximate surface area is 201 Å². The highest BCUT2D eigenvalue weighted by atomic mass is 19.3. The van der Waals surface area contributed by atoms with Gasteiger partial charge in [-0.05, 0) is 99.5 Å². The summed E-state index contributed by atoms with van der Waals surface area (Å²) in [6.45, 7) is -0.742. The molecule has 190 valence electrons. The van der Waals surface area contributed by atoms with E-state index in [1.165, 1.54) is 69.9 Å². The molecule has 6 heteroatoms. The first-order chi connectivity index (χ1) is 16.4. The molecule has 0 aliphatic heterocycles. The molecule has 1 aromatic rings. The lowest BCUT2D eigenvalue weighted by Gasteiger charge is -2.45. The monoisotopic (exact) mass is 480 g/mol. The number of hydrogen-bond donors (Lipinski definition) is 0. The molecule has 0 amide bonds. The molecule has 4 rings (SSSR count). The van der Waals surface area contributed by atoms with Crippen LogP contribution in [0.4, 0.5) is 13.2 Å². The maximum absolute atomic E-state index is 14.2. The lowest BCUT2D eigenvalue weighted by Crippen LogP contribution is -2.35. The zero-order valence-corrected chi connectivity index (χ0v) is 20.3. The van der Waals surface area contributed by atoms with Crippen LogP contribution in [-0.4, -0.2) is 12.6 Å². The van der Waals surface area contributed by atoms with Crippen LogP contribution in [0.15, 0.2) is 18.2 Å². The van der Waals surface area contributed by atoms with Gasteiger partial charge in [0.05, 0.1) is 5.92 Å². The number of ether oxygens (including phenoxy) is 2. The van der Waals surface area contributed by atoms with E-state index in [0.717, 1.165) is 55.4 Å². The van der Waals surface area contributed by atoms with Crippen molar-refractivity contribution >= 4 is 5.97 Å². The molecule has 0 N–H and O–H groups in total. The second kappa shape index (κ2) is 11.8. The predicted octanol–water partition coefficient (Wildman–Crippen LogP) is 8.16. The van der Waals surface area contributed by atoms with Crippen LogP contribution in [0.2, 0.25) is 0 Å². The Morgan fingerprint density at radius 3 is 2.26 bits per heavy atom. The number of benzene rings is 1. The summed E-state index contributed by atoms with van der Waals surface area (Å²) in [5.41, 5.74) is 0. The lowest BCUT2D eigenvalue weighted by molar-refractivity contribution is -0.140. The fourth-order valence-electron chi connectivity index (χ4n) is 6.96. The maximum atomic E-state index is 14.2. The van der Waals surface area contributed by atoms with Crippen molar-refractivity contribution in [1.82, 2.24) is 0 Å². The lowest BCUT2D eigenvalue weighted by atomic mass is 9.60. The van der Waals surface area contributed by atoms with E-state index in [4.69, 9.17) is 4.74 Å². The molecule has 1 aromatic carbocycles. The van der Waals surface area contributed by atoms with Gasteiger partial charge in [-0.3, -0.25) is 4.79 Å². The van der Waals surface area contributed by atoms with Crippen molar-refractivity contribution in [1.29, 1.82) is 0 Å². The molecule has 0 aromatic heterocycles. The van der Waals surface area contributed by atoms with Crippen LogP contribution < -0.4 is 9.47 Å². The fraction of sp³-hybridized carbons (Fsp3) is 0.750. The van der Waals surface area contributed by atoms with E-state index >= 15 is 0 Å². The summed E-state index contributed by atoms with van der Waals surface area (Å²) in [7, 11) is 0. The molecular weight excluding hydrogens is 441 g/mol. The first-order valence-electron chi connectivity index (χ1n) is 13.4. The molecule has 3 fully saturated rings. The minimum absolute atomic E-state index is 0.224. The second-order valence-electron chi connectivity index (χ2n) is 10.9. The van der Waals surface area contributed by atoms with Crippen LogP contribution in [0, 0.1) is 41.3 Å². The quantitative estimate of drug-likeness (QED) is 0.278. The van der Waals surface area contributed by atoms with Crippen molar-refractivity contribution in [3.05, 3.63) is 24.0 Å². The first-order valence-corrected chi connectivity index (χ1v) is 13.4. The van der Waals surface area contributed by atoms with Crippen molar-refractivity contribution in [3.63, 3.8) is 0 Å². The van der Waals surface area contributed by atoms with Gasteiger partial charge in [-0.2, -0.15) is 8.78 Å². The van der Waals surface area contributed by atoms with Crippen LogP contribution in [0.3, 0.4) is 0 Å². The van der Waals surface area contributed by atoms with E-state index in [0.29, 0.717) is 5.92 Å². The number of rotatable bonds is 8. The standard InChI is InChI=1S/C28H39F3O3/c1-2-3-4-18-5-6-23-16-22(12-11-21(23)15-18)19-7-9-20(10-8-19)27(32)34-26-14-13-24(17-25(26)29)33-28(30)31/h13-14,17-23,28H,2-12,15-16H2,1H3. The summed E-state index contributed by atoms with van der Waals surface area (Å²) in [4.78, 5) is 12.6. The summed E-state index contributed by atoms with van der Waals surface area (Å²) in [6.07, 6.45) is 16.1. The molecule has 4 atom stereocenters. The molecule has 34 heavy (non-hydrogen) atoms. The van der Waals surface area contributed by atoms with E-state index in [1.807, 2.05) is 0 Å². The van der Waals surface area contributed by atoms with E-state index < -0.39 is 18.4 Å². The highest BCUT2D eigenvalue weighted by molar-refractivity contribution is 5.75. The summed E-state index contributed by atoms with van der Waals surface area (Å²) in [5.74, 6) is 2.21. The average molecular weight is 481 g/mol. The number of halogens is 3. The van der Waals surface area contributed by atoms with Gasteiger partial charge in [-0.1, -0.05) is 32.6 Å². The highest BCUT2D eigenvalue weighted by Gasteiger charge is 2.39. The third-order valence-corrected chi connectivity index (χ3v) is 8.84. The molecule has 0 saturated heterocycles. The summed E-state index contributed by atoms with van der Waals surface area (Å²) < 4.78 is 48.2. The summed E-state index contributed by atoms with van der Waals surface area (Å²) in [6, 6.07) is 3.17. The van der Waals surface area contributed by atoms with Gasteiger partial charge in [-0.15, -0.1) is 0 Å². The topological polar surface area (TPSA) is 35.5 Å². The van der Waals surface area contributed by atoms with Crippen molar-refractivity contribution in [2.24, 2.45) is 35.5 Å². The number of alkyl halides is 2. The smallest absolute Gasteiger partial charge is 0.387 e. The molecule has 3 nitrogen and oxygen atoms in total. The van der Waals surface area contributed by atoms with Crippen molar-refractivity contribution in [2.75, 3.05) is 0 Å². The van der Waals surface area contributed by atoms with E-state index in [2.05, 4.69) is 11.7 Å². The highest BCUT2D eigenvalue weighted by Crippen LogP contribution is 2.49. The van der Waals surface area contributed by atoms with E-state index in [-0.39, 0.29) is 17.4 Å². The predicted molar refractivity (Wildman–Crippen MR) is 125 cm³/mol. The van der Waals surface area contributed by atoms with Gasteiger partial charge in [0.2, 0.25) is 0 Å². The van der Waals surface area contributed by atoms with Gasteiger partial charge in [0, 0.05) is 6.07 Å². The molecule has 3 aliphatic carbocycles. The van der Waals surface area contributed by atoms with Crippen molar-refractivity contribution in [3.8, 4) is 11.5 Å². The van der Waals surface area contributed by atoms with E-state index in [9.17, 15) is 18.0 Å². The Kier molecular flexibility index (Phi) is 8.81. The third-order valence-electron chi connectivity index (χ3n) is 8.84. The number of unbranched alkanes of at least 4 members (excludes halogenated alkanes) is 1. The Morgan fingerprint density at radius 1 is 0.941 bits per heavy atom. The van der Waals surface area contributed by atoms with Gasteiger partial charge in [0.25, 0.3) is 0 Å². The van der Waals surface area contributed by atoms with Gasteiger partial charge in [0.1, 0.15) is 5.75 Å². The molecule has 4 unspecified atom stereocenters. The zero-order chi connectivity index (χ0) is 24.1. The van der Waals surface area contributed by atoms with Crippen LogP contribution in [0.25, 0.3) is 0 Å². The number of hydrogen-bond acceptors (Lipinski definition) is 3. The fourth-order valence-corrected chi connectivity index (χ4v) is 6.96. The van der Waals surface area contributed by atoms with Gasteiger partial charge < -0.3 is 9.47 Å². The molecular formula is C28H39F3O3. The first kappa shape index (κ1) is 25.4. The number of carbonyl (C=O) groups is 1. The van der Waals surface area contributed by atoms with Gasteiger partial charge >= 0.3 is 12.6 Å². The Hall–Kier alpha value is -1.72. The molecule has 0 spiro atoms. The Morgan fingerprint density at radius 2 is 1.59 bits per heavy atom. The zero-order valence-electron chi connectivity index (χ0n) is 20.3. The van der Waals surface area contributed by atoms with Crippen LogP contribution in [0.5, 0.6) is 11.5 Å².